The second kappa shape index (κ2) is 7.97. The van der Waals surface area contributed by atoms with Gasteiger partial charge in [0.05, 0.1) is 15.9 Å². The fourth-order valence-corrected chi connectivity index (χ4v) is 2.62. The van der Waals surface area contributed by atoms with E-state index in [4.69, 9.17) is 4.94 Å². The molecule has 0 radical (unpaired) electrons. The summed E-state index contributed by atoms with van der Waals surface area (Å²) in [5.41, 5.74) is 3.59. The number of amides is 1. The number of halogens is 2. The van der Waals surface area contributed by atoms with Crippen LogP contribution in [0.2, 0.25) is 0 Å². The molecule has 1 aromatic carbocycles. The molecular weight excluding hydrogens is 433 g/mol. The normalized spacial score (nSPS) is 10.9. The third kappa shape index (κ3) is 4.18. The number of carbonyl (C=O) groups excluding carboxylic acids is 1. The highest BCUT2D eigenvalue weighted by atomic mass is 79.9. The molecule has 13 heteroatoms. The Morgan fingerprint density at radius 3 is 3.04 bits per heavy atom. The zero-order chi connectivity index (χ0) is 18.5. The molecule has 0 unspecified atom stereocenters. The molecule has 2 aromatic heterocycles. The van der Waals surface area contributed by atoms with Crippen LogP contribution in [0.5, 0.6) is 0 Å². The third-order valence-electron chi connectivity index (χ3n) is 2.91. The standard InChI is InChI=1S/C13H9BrFN7O3S/c1-6-11(26-22-18-6)13(23)17-12-10(20-25-21-12)5-16-24-19-7-2-3-9(15)8(14)4-7/h2-5,19H,1H3,(H,17,21,23)/b16-5+. The van der Waals surface area contributed by atoms with Crippen molar-refractivity contribution in [1.29, 1.82) is 0 Å². The molecule has 0 aliphatic rings. The maximum absolute atomic E-state index is 13.1. The molecule has 0 aliphatic heterocycles. The van der Waals surface area contributed by atoms with E-state index in [0.717, 1.165) is 11.5 Å². The molecular formula is C13H9BrFN7O3S. The molecule has 2 heterocycles. The summed E-state index contributed by atoms with van der Waals surface area (Å²) in [5, 5.41) is 17.1. The minimum atomic E-state index is -0.446. The smallest absolute Gasteiger partial charge is 0.270 e. The van der Waals surface area contributed by atoms with E-state index in [-0.39, 0.29) is 16.0 Å². The molecule has 0 atom stereocenters. The van der Waals surface area contributed by atoms with Gasteiger partial charge in [0.15, 0.2) is 5.69 Å². The van der Waals surface area contributed by atoms with Crippen LogP contribution >= 0.6 is 27.5 Å². The number of hydrogen-bond donors (Lipinski definition) is 2. The topological polar surface area (TPSA) is 127 Å². The lowest BCUT2D eigenvalue weighted by Crippen LogP contribution is -2.13. The van der Waals surface area contributed by atoms with Crippen LogP contribution in [0.25, 0.3) is 0 Å². The Kier molecular flexibility index (Phi) is 5.48. The number of oxime groups is 1. The number of nitrogens with zero attached hydrogens (tertiary/aromatic N) is 5. The van der Waals surface area contributed by atoms with E-state index < -0.39 is 11.7 Å². The molecule has 3 rings (SSSR count). The van der Waals surface area contributed by atoms with Gasteiger partial charge in [0.25, 0.3) is 5.91 Å². The number of aromatic nitrogens is 4. The van der Waals surface area contributed by atoms with Crippen LogP contribution in [-0.4, -0.2) is 32.0 Å². The van der Waals surface area contributed by atoms with Crippen molar-refractivity contribution in [3.05, 3.63) is 44.8 Å². The molecule has 134 valence electrons. The van der Waals surface area contributed by atoms with Crippen molar-refractivity contribution in [1.82, 2.24) is 19.9 Å². The number of benzene rings is 1. The van der Waals surface area contributed by atoms with Gasteiger partial charge in [-0.3, -0.25) is 9.73 Å². The van der Waals surface area contributed by atoms with E-state index in [2.05, 4.69) is 56.4 Å². The minimum absolute atomic E-state index is 0.0553. The Morgan fingerprint density at radius 1 is 1.46 bits per heavy atom. The summed E-state index contributed by atoms with van der Waals surface area (Å²) in [6.45, 7) is 1.66. The highest BCUT2D eigenvalue weighted by Crippen LogP contribution is 2.20. The van der Waals surface area contributed by atoms with Gasteiger partial charge in [-0.2, -0.15) is 5.48 Å². The molecule has 26 heavy (non-hydrogen) atoms. The Hall–Kier alpha value is -2.93. The van der Waals surface area contributed by atoms with Gasteiger partial charge in [0.2, 0.25) is 5.82 Å². The summed E-state index contributed by atoms with van der Waals surface area (Å²) in [6, 6.07) is 4.19. The quantitative estimate of drug-likeness (QED) is 0.441. The van der Waals surface area contributed by atoms with E-state index >= 15 is 0 Å². The molecule has 0 aliphatic carbocycles. The van der Waals surface area contributed by atoms with Gasteiger partial charge < -0.3 is 5.32 Å². The van der Waals surface area contributed by atoms with Crippen LogP contribution in [0.1, 0.15) is 21.1 Å². The predicted octanol–water partition coefficient (Wildman–Crippen LogP) is 2.76. The van der Waals surface area contributed by atoms with E-state index in [1.165, 1.54) is 24.4 Å². The first-order valence-corrected chi connectivity index (χ1v) is 8.44. The summed E-state index contributed by atoms with van der Waals surface area (Å²) in [6.07, 6.45) is 1.18. The molecule has 0 bridgehead atoms. The summed E-state index contributed by atoms with van der Waals surface area (Å²) in [4.78, 5) is 17.3. The Bertz CT molecular complexity index is 961. The monoisotopic (exact) mass is 441 g/mol. The van der Waals surface area contributed by atoms with E-state index in [0.29, 0.717) is 16.3 Å². The molecule has 0 saturated carbocycles. The van der Waals surface area contributed by atoms with Crippen molar-refractivity contribution < 1.29 is 18.8 Å². The molecule has 3 aromatic rings. The zero-order valence-corrected chi connectivity index (χ0v) is 15.3. The number of anilines is 2. The van der Waals surface area contributed by atoms with E-state index in [1.807, 2.05) is 0 Å². The van der Waals surface area contributed by atoms with Gasteiger partial charge in [-0.25, -0.2) is 9.02 Å². The first kappa shape index (κ1) is 17.9. The second-order valence-corrected chi connectivity index (χ2v) is 6.30. The van der Waals surface area contributed by atoms with Crippen LogP contribution in [0, 0.1) is 12.7 Å². The van der Waals surface area contributed by atoms with E-state index in [9.17, 15) is 9.18 Å². The van der Waals surface area contributed by atoms with Crippen molar-refractivity contribution in [2.75, 3.05) is 10.8 Å². The average Bonchev–Trinajstić information content (AvgIpc) is 3.23. The van der Waals surface area contributed by atoms with Gasteiger partial charge in [-0.15, -0.1) is 5.10 Å². The van der Waals surface area contributed by atoms with Gasteiger partial charge in [-0.05, 0) is 62.9 Å². The van der Waals surface area contributed by atoms with Crippen LogP contribution in [0.4, 0.5) is 15.9 Å². The largest absolute Gasteiger partial charge is 0.301 e. The number of aryl methyl sites for hydroxylation is 1. The predicted molar refractivity (Wildman–Crippen MR) is 93.3 cm³/mol. The van der Waals surface area contributed by atoms with Gasteiger partial charge in [0.1, 0.15) is 16.9 Å². The number of carbonyl (C=O) groups is 1. The lowest BCUT2D eigenvalue weighted by molar-refractivity contribution is 0.102. The highest BCUT2D eigenvalue weighted by molar-refractivity contribution is 9.10. The Balaban J connectivity index is 1.59. The maximum atomic E-state index is 13.1. The fraction of sp³-hybridized carbons (Fsp3) is 0.0769. The SMILES string of the molecule is Cc1nnsc1C(=O)Nc1nonc1/C=N/ONc1ccc(F)c(Br)c1. The number of nitrogens with one attached hydrogen (secondary N) is 2. The van der Waals surface area contributed by atoms with Crippen molar-refractivity contribution >= 4 is 51.1 Å². The molecule has 1 amide bonds. The average molecular weight is 442 g/mol. The molecule has 10 nitrogen and oxygen atoms in total. The first-order valence-electron chi connectivity index (χ1n) is 6.88. The molecule has 0 spiro atoms. The minimum Gasteiger partial charge on any atom is -0.301 e. The highest BCUT2D eigenvalue weighted by Gasteiger charge is 2.17. The summed E-state index contributed by atoms with van der Waals surface area (Å²) in [7, 11) is 0. The summed E-state index contributed by atoms with van der Waals surface area (Å²) < 4.78 is 21.7. The lowest BCUT2D eigenvalue weighted by atomic mass is 10.3. The van der Waals surface area contributed by atoms with Gasteiger partial charge in [-0.1, -0.05) is 9.64 Å². The first-order chi connectivity index (χ1) is 12.5. The van der Waals surface area contributed by atoms with Crippen molar-refractivity contribution in [3.8, 4) is 0 Å². The van der Waals surface area contributed by atoms with E-state index in [1.54, 1.807) is 6.92 Å². The zero-order valence-electron chi connectivity index (χ0n) is 12.9. The molecule has 0 saturated heterocycles. The Morgan fingerprint density at radius 2 is 2.31 bits per heavy atom. The summed E-state index contributed by atoms with van der Waals surface area (Å²) >= 11 is 4.01. The molecule has 2 N–H and O–H groups in total. The molecule has 0 fully saturated rings. The summed E-state index contributed by atoms with van der Waals surface area (Å²) in [5.74, 6) is -0.794. The lowest BCUT2D eigenvalue weighted by Gasteiger charge is -2.03. The van der Waals surface area contributed by atoms with Crippen LogP contribution < -0.4 is 10.8 Å². The van der Waals surface area contributed by atoms with Gasteiger partial charge in [0, 0.05) is 0 Å². The van der Waals surface area contributed by atoms with Gasteiger partial charge >= 0.3 is 0 Å². The van der Waals surface area contributed by atoms with Crippen LogP contribution in [-0.2, 0) is 4.94 Å². The maximum Gasteiger partial charge on any atom is 0.270 e. The van der Waals surface area contributed by atoms with Crippen molar-refractivity contribution in [2.45, 2.75) is 6.92 Å². The fourth-order valence-electron chi connectivity index (χ4n) is 1.69. The van der Waals surface area contributed by atoms with Crippen LogP contribution in [0.15, 0.2) is 32.5 Å². The van der Waals surface area contributed by atoms with Crippen molar-refractivity contribution in [3.63, 3.8) is 0 Å². The van der Waals surface area contributed by atoms with Crippen LogP contribution in [0.3, 0.4) is 0 Å². The van der Waals surface area contributed by atoms with Crippen molar-refractivity contribution in [2.24, 2.45) is 5.16 Å². The Labute approximate surface area is 157 Å². The second-order valence-electron chi connectivity index (χ2n) is 4.70. The number of hydrogen-bond acceptors (Lipinski definition) is 10. The third-order valence-corrected chi connectivity index (χ3v) is 4.35. The number of rotatable bonds is 6.